The number of nitrogens with zero attached hydrogens (tertiary/aromatic N) is 1. The van der Waals surface area contributed by atoms with Crippen LogP contribution in [0, 0.1) is 5.92 Å². The molecule has 1 unspecified atom stereocenters. The molecule has 8 heteroatoms. The zero-order chi connectivity index (χ0) is 10.8. The van der Waals surface area contributed by atoms with Gasteiger partial charge in [0.15, 0.2) is 0 Å². The molecular weight excluding hydrogens is 235 g/mol. The Morgan fingerprint density at radius 2 is 2.07 bits per heavy atom. The van der Waals surface area contributed by atoms with Crippen LogP contribution in [0.25, 0.3) is 0 Å². The Kier molecular flexibility index (Phi) is 7.01. The molecule has 15 heavy (non-hydrogen) atoms. The van der Waals surface area contributed by atoms with E-state index in [9.17, 15) is 17.7 Å². The van der Waals surface area contributed by atoms with Crippen molar-refractivity contribution in [3.63, 3.8) is 0 Å². The molecule has 1 rings (SSSR count). The monoisotopic (exact) mass is 248 g/mol. The molecule has 0 saturated carbocycles. The first-order chi connectivity index (χ1) is 6.38. The number of piperidine rings is 1. The Morgan fingerprint density at radius 1 is 1.47 bits per heavy atom. The number of primary amides is 1. The van der Waals surface area contributed by atoms with Gasteiger partial charge in [-0.1, -0.05) is 0 Å². The normalized spacial score (nSPS) is 23.3. The van der Waals surface area contributed by atoms with E-state index in [1.165, 1.54) is 4.90 Å². The van der Waals surface area contributed by atoms with Crippen LogP contribution in [0.5, 0.6) is 0 Å². The minimum atomic E-state index is -4.80. The fourth-order valence-electron chi connectivity index (χ4n) is 1.75. The van der Waals surface area contributed by atoms with Gasteiger partial charge in [0.2, 0.25) is 5.91 Å². The van der Waals surface area contributed by atoms with E-state index in [1.807, 2.05) is 0 Å². The van der Waals surface area contributed by atoms with Crippen LogP contribution in [0.2, 0.25) is 0 Å². The van der Waals surface area contributed by atoms with Crippen molar-refractivity contribution in [1.82, 2.24) is 4.90 Å². The molecule has 1 saturated heterocycles. The molecule has 0 aromatic carbocycles. The molecule has 0 aromatic heterocycles. The molecule has 1 heterocycles. The zero-order valence-electron chi connectivity index (χ0n) is 8.76. The van der Waals surface area contributed by atoms with Crippen LogP contribution in [0.4, 0.5) is 12.9 Å². The predicted octanol–water partition coefficient (Wildman–Crippen LogP) is -2.43. The molecule has 1 aliphatic heterocycles. The first kappa shape index (κ1) is 15.9. The Hall–Kier alpha value is 0.921. The van der Waals surface area contributed by atoms with Crippen molar-refractivity contribution in [2.45, 2.75) is 12.8 Å². The minimum Gasteiger partial charge on any atom is -0.448 e. The third-order valence-corrected chi connectivity index (χ3v) is 2.37. The Balaban J connectivity index is 0.00000196. The fraction of sp³-hybridized carbons (Fsp3) is 0.857. The van der Waals surface area contributed by atoms with Crippen LogP contribution < -0.4 is 57.1 Å². The van der Waals surface area contributed by atoms with E-state index < -0.39 is 25.2 Å². The second-order valence-electron chi connectivity index (χ2n) is 3.71. The van der Waals surface area contributed by atoms with E-state index in [1.54, 1.807) is 0 Å². The summed E-state index contributed by atoms with van der Waals surface area (Å²) >= 11 is 0. The summed E-state index contributed by atoms with van der Waals surface area (Å²) in [6, 6.07) is 0. The number of hydrogen-bond acceptors (Lipinski definition) is 2. The number of amides is 1. The first-order valence-electron chi connectivity index (χ1n) is 4.61. The summed E-state index contributed by atoms with van der Waals surface area (Å²) in [6.45, 7) is -4.24. The number of nitrogens with two attached hydrogens (primary N) is 1. The van der Waals surface area contributed by atoms with Crippen molar-refractivity contribution >= 4 is 12.9 Å². The molecule has 1 aliphatic rings. The maximum Gasteiger partial charge on any atom is 1.00 e. The van der Waals surface area contributed by atoms with Crippen LogP contribution in [-0.2, 0) is 4.79 Å². The molecule has 0 radical (unpaired) electrons. The molecule has 82 valence electrons. The summed E-state index contributed by atoms with van der Waals surface area (Å²) in [6.07, 6.45) is 0.334. The molecule has 3 nitrogen and oxygen atoms in total. The summed E-state index contributed by atoms with van der Waals surface area (Å²) in [5.74, 6) is -0.911. The summed E-state index contributed by atoms with van der Waals surface area (Å²) in [5, 5.41) is 0. The number of carbonyl (C=O) groups excluding carboxylic acids is 1. The van der Waals surface area contributed by atoms with Crippen molar-refractivity contribution in [2.75, 3.05) is 19.5 Å². The summed E-state index contributed by atoms with van der Waals surface area (Å²) in [5.41, 5.74) is 5.05. The van der Waals surface area contributed by atoms with Gasteiger partial charge in [-0.3, -0.25) is 4.79 Å². The second kappa shape index (κ2) is 6.61. The quantitative estimate of drug-likeness (QED) is 0.565. The molecule has 2 N–H and O–H groups in total. The molecule has 0 aliphatic carbocycles. The van der Waals surface area contributed by atoms with Gasteiger partial charge in [-0.15, -0.1) is 0 Å². The number of hydrogen-bond donors (Lipinski definition) is 1. The van der Waals surface area contributed by atoms with Crippen molar-refractivity contribution in [2.24, 2.45) is 11.7 Å². The molecule has 0 aromatic rings. The van der Waals surface area contributed by atoms with Gasteiger partial charge in [-0.2, -0.15) is 0 Å². The van der Waals surface area contributed by atoms with E-state index in [0.29, 0.717) is 19.4 Å². The number of likely N-dealkylation sites (tertiary alicyclic amines) is 1. The summed E-state index contributed by atoms with van der Waals surface area (Å²) < 4.78 is 36.2. The van der Waals surface area contributed by atoms with Gasteiger partial charge in [-0.25, -0.2) is 0 Å². The van der Waals surface area contributed by atoms with Gasteiger partial charge in [0.25, 0.3) is 0 Å². The van der Waals surface area contributed by atoms with Gasteiger partial charge >= 0.3 is 58.4 Å². The van der Waals surface area contributed by atoms with E-state index in [2.05, 4.69) is 0 Å². The van der Waals surface area contributed by atoms with Gasteiger partial charge in [0.1, 0.15) is 0 Å². The molecule has 1 amide bonds. The SMILES string of the molecule is NC(=O)C1CCCN(C[B-](F)(F)F)C1.[K+]. The van der Waals surface area contributed by atoms with Crippen LogP contribution in [0.1, 0.15) is 12.8 Å². The fourth-order valence-corrected chi connectivity index (χ4v) is 1.75. The molecule has 0 spiro atoms. The minimum absolute atomic E-state index is 0. The summed E-state index contributed by atoms with van der Waals surface area (Å²) in [4.78, 5) is 12.0. The van der Waals surface area contributed by atoms with E-state index in [-0.39, 0.29) is 57.9 Å². The van der Waals surface area contributed by atoms with Crippen molar-refractivity contribution < 1.29 is 69.1 Å². The average molecular weight is 248 g/mol. The predicted molar refractivity (Wildman–Crippen MR) is 47.4 cm³/mol. The maximum atomic E-state index is 12.1. The number of halogens is 3. The van der Waals surface area contributed by atoms with Gasteiger partial charge < -0.3 is 23.6 Å². The van der Waals surface area contributed by atoms with Crippen LogP contribution in [-0.4, -0.2) is 37.3 Å². The molecular formula is C7H13BF3KN2O. The Bertz CT molecular complexity index is 227. The maximum absolute atomic E-state index is 12.1. The Morgan fingerprint density at radius 3 is 2.53 bits per heavy atom. The molecule has 0 bridgehead atoms. The van der Waals surface area contributed by atoms with Crippen molar-refractivity contribution in [3.05, 3.63) is 0 Å². The first-order valence-corrected chi connectivity index (χ1v) is 4.61. The van der Waals surface area contributed by atoms with Crippen molar-refractivity contribution in [1.29, 1.82) is 0 Å². The second-order valence-corrected chi connectivity index (χ2v) is 3.71. The third kappa shape index (κ3) is 6.28. The van der Waals surface area contributed by atoms with Crippen molar-refractivity contribution in [3.8, 4) is 0 Å². The standard InChI is InChI=1S/C7H13BF3N2O.K/c9-8(10,11)5-13-3-1-2-6(4-13)7(12)14;/h6H,1-5H2,(H2,12,14);/q-1;+1. The third-order valence-electron chi connectivity index (χ3n) is 2.37. The molecule has 1 fully saturated rings. The van der Waals surface area contributed by atoms with Crippen LogP contribution >= 0.6 is 0 Å². The van der Waals surface area contributed by atoms with E-state index in [0.717, 1.165) is 0 Å². The van der Waals surface area contributed by atoms with Gasteiger partial charge in [0.05, 0.1) is 5.92 Å². The Labute approximate surface area is 129 Å². The average Bonchev–Trinajstić information content (AvgIpc) is 2.01. The zero-order valence-corrected chi connectivity index (χ0v) is 11.9. The van der Waals surface area contributed by atoms with E-state index >= 15 is 0 Å². The number of carbonyl (C=O) groups is 1. The van der Waals surface area contributed by atoms with Gasteiger partial charge in [-0.05, 0) is 25.8 Å². The van der Waals surface area contributed by atoms with Crippen LogP contribution in [0.15, 0.2) is 0 Å². The van der Waals surface area contributed by atoms with E-state index in [4.69, 9.17) is 5.73 Å². The molecule has 1 atom stereocenters. The van der Waals surface area contributed by atoms with Gasteiger partial charge in [0, 0.05) is 6.54 Å². The largest absolute Gasteiger partial charge is 1.00 e. The topological polar surface area (TPSA) is 46.3 Å². The van der Waals surface area contributed by atoms with Crippen LogP contribution in [0.3, 0.4) is 0 Å². The smallest absolute Gasteiger partial charge is 0.448 e. The number of rotatable bonds is 3. The summed E-state index contributed by atoms with van der Waals surface area (Å²) in [7, 11) is 0.